The summed E-state index contributed by atoms with van der Waals surface area (Å²) in [7, 11) is 1.47. The van der Waals surface area contributed by atoms with Gasteiger partial charge in [0.15, 0.2) is 16.5 Å². The van der Waals surface area contributed by atoms with Gasteiger partial charge in [-0.25, -0.2) is 4.98 Å². The van der Waals surface area contributed by atoms with E-state index in [9.17, 15) is 9.90 Å². The zero-order chi connectivity index (χ0) is 20.4. The second-order valence-electron chi connectivity index (χ2n) is 5.99. The molecule has 2 aromatic heterocycles. The van der Waals surface area contributed by atoms with Gasteiger partial charge < -0.3 is 15.6 Å². The van der Waals surface area contributed by atoms with Crippen molar-refractivity contribution in [2.24, 2.45) is 5.73 Å². The molecule has 2 heterocycles. The van der Waals surface area contributed by atoms with Crippen LogP contribution in [-0.2, 0) is 0 Å². The minimum Gasteiger partial charge on any atom is -0.503 e. The Kier molecular flexibility index (Phi) is 5.71. The quantitative estimate of drug-likeness (QED) is 0.571. The Bertz CT molecular complexity index is 1230. The first kappa shape index (κ1) is 19.9. The SMILES string of the molecule is C=C/C=C(\C=C(\C)N)c1cn2c(=O)/c(=C/c3cc(Br)c(O)c(OC)c3)sc2n1. The average molecular weight is 460 g/mol. The van der Waals surface area contributed by atoms with Gasteiger partial charge in [0.05, 0.1) is 21.8 Å². The molecule has 3 rings (SSSR count). The fourth-order valence-corrected chi connectivity index (χ4v) is 4.05. The Morgan fingerprint density at radius 3 is 2.82 bits per heavy atom. The highest BCUT2D eigenvalue weighted by Gasteiger charge is 2.12. The summed E-state index contributed by atoms with van der Waals surface area (Å²) in [5, 5.41) is 9.93. The van der Waals surface area contributed by atoms with Crippen LogP contribution in [0.3, 0.4) is 0 Å². The lowest BCUT2D eigenvalue weighted by Gasteiger charge is -2.06. The standard InChI is InChI=1S/C20H18BrN3O3S/c1-4-5-13(6-11(2)22)15-10-24-19(26)17(28-20(24)23-15)9-12-7-14(21)18(25)16(8-12)27-3/h4-10,25H,1,22H2,2-3H3/b11-6-,13-5+,17-9-. The van der Waals surface area contributed by atoms with Crippen LogP contribution in [0, 0.1) is 0 Å². The van der Waals surface area contributed by atoms with E-state index in [-0.39, 0.29) is 11.3 Å². The normalized spacial score (nSPS) is 13.3. The molecule has 0 bridgehead atoms. The Morgan fingerprint density at radius 2 is 2.21 bits per heavy atom. The van der Waals surface area contributed by atoms with Crippen molar-refractivity contribution in [1.82, 2.24) is 9.38 Å². The zero-order valence-electron chi connectivity index (χ0n) is 15.3. The second-order valence-corrected chi connectivity index (χ2v) is 7.86. The van der Waals surface area contributed by atoms with E-state index in [1.54, 1.807) is 49.6 Å². The maximum atomic E-state index is 12.8. The van der Waals surface area contributed by atoms with Crippen LogP contribution in [0.1, 0.15) is 18.2 Å². The number of halogens is 1. The summed E-state index contributed by atoms with van der Waals surface area (Å²) in [6.45, 7) is 5.49. The fraction of sp³-hybridized carbons (Fsp3) is 0.100. The molecule has 0 atom stereocenters. The number of phenolic OH excluding ortho intramolecular Hbond substituents is 1. The molecule has 0 unspecified atom stereocenters. The Morgan fingerprint density at radius 1 is 1.46 bits per heavy atom. The van der Waals surface area contributed by atoms with Gasteiger partial charge in [0, 0.05) is 17.5 Å². The van der Waals surface area contributed by atoms with Crippen LogP contribution in [0.4, 0.5) is 0 Å². The van der Waals surface area contributed by atoms with Gasteiger partial charge in [0.1, 0.15) is 0 Å². The second kappa shape index (κ2) is 8.04. The number of nitrogens with two attached hydrogens (primary N) is 1. The van der Waals surface area contributed by atoms with Crippen molar-refractivity contribution >= 4 is 43.9 Å². The third-order valence-corrected chi connectivity index (χ3v) is 5.44. The van der Waals surface area contributed by atoms with E-state index in [0.717, 1.165) is 11.1 Å². The van der Waals surface area contributed by atoms with Gasteiger partial charge in [-0.1, -0.05) is 30.1 Å². The maximum absolute atomic E-state index is 12.8. The smallest absolute Gasteiger partial charge is 0.274 e. The predicted octanol–water partition coefficient (Wildman–Crippen LogP) is 3.21. The number of methoxy groups -OCH3 is 1. The molecule has 3 N–H and O–H groups in total. The summed E-state index contributed by atoms with van der Waals surface area (Å²) in [6.07, 6.45) is 8.65. The topological polar surface area (TPSA) is 89.9 Å². The molecular formula is C20H18BrN3O3S. The Labute approximate surface area is 173 Å². The van der Waals surface area contributed by atoms with Crippen LogP contribution in [-0.4, -0.2) is 21.6 Å². The number of aromatic nitrogens is 2. The van der Waals surface area contributed by atoms with Crippen LogP contribution in [0.5, 0.6) is 11.5 Å². The predicted molar refractivity (Wildman–Crippen MR) is 117 cm³/mol. The van der Waals surface area contributed by atoms with Crippen molar-refractivity contribution in [3.05, 3.63) is 79.4 Å². The zero-order valence-corrected chi connectivity index (χ0v) is 17.7. The molecule has 0 aliphatic carbocycles. The highest BCUT2D eigenvalue weighted by atomic mass is 79.9. The van der Waals surface area contributed by atoms with Gasteiger partial charge in [-0.15, -0.1) is 0 Å². The van der Waals surface area contributed by atoms with Crippen molar-refractivity contribution in [3.8, 4) is 11.5 Å². The number of hydrogen-bond donors (Lipinski definition) is 2. The van der Waals surface area contributed by atoms with E-state index >= 15 is 0 Å². The van der Waals surface area contributed by atoms with Crippen LogP contribution >= 0.6 is 27.3 Å². The fourth-order valence-electron chi connectivity index (χ4n) is 2.64. The van der Waals surface area contributed by atoms with Crippen LogP contribution in [0.15, 0.2) is 58.1 Å². The summed E-state index contributed by atoms with van der Waals surface area (Å²) >= 11 is 4.56. The lowest BCUT2D eigenvalue weighted by Crippen LogP contribution is -2.22. The van der Waals surface area contributed by atoms with Gasteiger partial charge in [-0.3, -0.25) is 9.20 Å². The number of thiazole rings is 1. The van der Waals surface area contributed by atoms with Gasteiger partial charge in [0.25, 0.3) is 5.56 Å². The minimum atomic E-state index is -0.173. The highest BCUT2D eigenvalue weighted by Crippen LogP contribution is 2.35. The van der Waals surface area contributed by atoms with E-state index in [4.69, 9.17) is 10.5 Å². The monoisotopic (exact) mass is 459 g/mol. The number of nitrogens with zero attached hydrogens (tertiary/aromatic N) is 2. The Hall–Kier alpha value is -2.84. The summed E-state index contributed by atoms with van der Waals surface area (Å²) < 4.78 is 7.67. The van der Waals surface area contributed by atoms with Crippen LogP contribution in [0.2, 0.25) is 0 Å². The number of phenols is 1. The number of hydrogen-bond acceptors (Lipinski definition) is 6. The third-order valence-electron chi connectivity index (χ3n) is 3.85. The van der Waals surface area contributed by atoms with Gasteiger partial charge in [0.2, 0.25) is 0 Å². The molecule has 8 heteroatoms. The first-order valence-corrected chi connectivity index (χ1v) is 9.82. The average Bonchev–Trinajstić information content (AvgIpc) is 3.17. The van der Waals surface area contributed by atoms with Gasteiger partial charge in [-0.2, -0.15) is 0 Å². The molecule has 144 valence electrons. The highest BCUT2D eigenvalue weighted by molar-refractivity contribution is 9.10. The number of benzene rings is 1. The molecule has 0 fully saturated rings. The summed E-state index contributed by atoms with van der Waals surface area (Å²) in [4.78, 5) is 17.9. The molecule has 28 heavy (non-hydrogen) atoms. The molecule has 3 aromatic rings. The molecule has 0 saturated heterocycles. The molecule has 0 spiro atoms. The largest absolute Gasteiger partial charge is 0.503 e. The van der Waals surface area contributed by atoms with E-state index in [2.05, 4.69) is 27.5 Å². The third kappa shape index (κ3) is 3.88. The number of fused-ring (bicyclic) bond motifs is 1. The lowest BCUT2D eigenvalue weighted by atomic mass is 10.1. The first-order chi connectivity index (χ1) is 13.3. The Balaban J connectivity index is 2.11. The van der Waals surface area contributed by atoms with Crippen LogP contribution < -0.4 is 20.6 Å². The lowest BCUT2D eigenvalue weighted by molar-refractivity contribution is 0.372. The molecule has 1 aromatic carbocycles. The van der Waals surface area contributed by atoms with Gasteiger partial charge >= 0.3 is 0 Å². The summed E-state index contributed by atoms with van der Waals surface area (Å²) in [5.41, 5.74) is 8.38. The van der Waals surface area contributed by atoms with Crippen molar-refractivity contribution in [3.63, 3.8) is 0 Å². The minimum absolute atomic E-state index is 0.0115. The van der Waals surface area contributed by atoms with Crippen molar-refractivity contribution < 1.29 is 9.84 Å². The van der Waals surface area contributed by atoms with E-state index in [1.165, 1.54) is 22.8 Å². The number of allylic oxidation sites excluding steroid dienone is 5. The van der Waals surface area contributed by atoms with Crippen molar-refractivity contribution in [1.29, 1.82) is 0 Å². The molecular weight excluding hydrogens is 442 g/mol. The number of aromatic hydroxyl groups is 1. The molecule has 0 aliphatic rings. The molecule has 0 amide bonds. The maximum Gasteiger partial charge on any atom is 0.274 e. The number of imidazole rings is 1. The molecule has 0 saturated carbocycles. The van der Waals surface area contributed by atoms with E-state index < -0.39 is 0 Å². The van der Waals surface area contributed by atoms with Gasteiger partial charge in [-0.05, 0) is 52.7 Å². The summed E-state index contributed by atoms with van der Waals surface area (Å²) in [6, 6.07) is 3.37. The molecule has 0 aliphatic heterocycles. The number of rotatable bonds is 5. The first-order valence-electron chi connectivity index (χ1n) is 8.21. The summed E-state index contributed by atoms with van der Waals surface area (Å²) in [5.74, 6) is 0.331. The molecule has 0 radical (unpaired) electrons. The van der Waals surface area contributed by atoms with E-state index in [1.807, 2.05) is 0 Å². The van der Waals surface area contributed by atoms with Crippen molar-refractivity contribution in [2.45, 2.75) is 6.92 Å². The van der Waals surface area contributed by atoms with E-state index in [0.29, 0.717) is 31.1 Å². The number of ether oxygens (including phenoxy) is 1. The van der Waals surface area contributed by atoms with Crippen molar-refractivity contribution in [2.75, 3.05) is 7.11 Å². The van der Waals surface area contributed by atoms with Crippen LogP contribution in [0.25, 0.3) is 16.6 Å². The molecule has 6 nitrogen and oxygen atoms in total.